The fraction of sp³-hybridized carbons (Fsp3) is 0.909. The van der Waals surface area contributed by atoms with Crippen molar-refractivity contribution in [2.75, 3.05) is 32.8 Å². The van der Waals surface area contributed by atoms with E-state index in [-0.39, 0.29) is 19.3 Å². The number of carbonyl (C=O) groups is 1. The van der Waals surface area contributed by atoms with Crippen molar-refractivity contribution in [1.29, 1.82) is 0 Å². The van der Waals surface area contributed by atoms with Gasteiger partial charge < -0.3 is 19.8 Å². The van der Waals surface area contributed by atoms with Gasteiger partial charge in [0.25, 0.3) is 0 Å². The summed E-state index contributed by atoms with van der Waals surface area (Å²) in [7, 11) is 0. The number of rotatable bonds is 6. The van der Waals surface area contributed by atoms with Gasteiger partial charge in [-0.2, -0.15) is 13.2 Å². The second-order valence-corrected chi connectivity index (χ2v) is 4.53. The standard InChI is InChI=1S/C11H18F3NO4/c12-11(13,14)9(10(17)18)7-15-3-1-8(2-4-15)19-6-5-16/h8-9,16H,1-7H2,(H,17,18). The Morgan fingerprint density at radius 3 is 2.37 bits per heavy atom. The maximum atomic E-state index is 12.5. The molecular formula is C11H18F3NO4. The number of carboxylic acid groups (broad SMARTS) is 1. The minimum Gasteiger partial charge on any atom is -0.481 e. The quantitative estimate of drug-likeness (QED) is 0.752. The van der Waals surface area contributed by atoms with Gasteiger partial charge in [0.05, 0.1) is 19.3 Å². The van der Waals surface area contributed by atoms with Gasteiger partial charge in [-0.1, -0.05) is 0 Å². The van der Waals surface area contributed by atoms with Gasteiger partial charge in [-0.15, -0.1) is 0 Å². The summed E-state index contributed by atoms with van der Waals surface area (Å²) >= 11 is 0. The maximum Gasteiger partial charge on any atom is 0.403 e. The Bertz CT molecular complexity index is 290. The second-order valence-electron chi connectivity index (χ2n) is 4.53. The van der Waals surface area contributed by atoms with E-state index >= 15 is 0 Å². The molecule has 1 saturated heterocycles. The summed E-state index contributed by atoms with van der Waals surface area (Å²) in [5, 5.41) is 17.2. The molecule has 1 unspecified atom stereocenters. The van der Waals surface area contributed by atoms with Crippen LogP contribution in [0.1, 0.15) is 12.8 Å². The third-order valence-corrected chi connectivity index (χ3v) is 3.11. The minimum absolute atomic E-state index is 0.0717. The molecule has 0 saturated carbocycles. The molecule has 1 fully saturated rings. The lowest BCUT2D eigenvalue weighted by atomic mass is 10.0. The average molecular weight is 285 g/mol. The zero-order chi connectivity index (χ0) is 14.5. The van der Waals surface area contributed by atoms with Crippen molar-refractivity contribution in [3.63, 3.8) is 0 Å². The highest BCUT2D eigenvalue weighted by molar-refractivity contribution is 5.71. The van der Waals surface area contributed by atoms with Crippen molar-refractivity contribution in [2.24, 2.45) is 5.92 Å². The molecule has 1 aliphatic rings. The van der Waals surface area contributed by atoms with E-state index in [4.69, 9.17) is 14.9 Å². The predicted octanol–water partition coefficient (Wildman–Crippen LogP) is 0.723. The number of ether oxygens (including phenoxy) is 1. The molecule has 112 valence electrons. The lowest BCUT2D eigenvalue weighted by Crippen LogP contribution is -2.45. The van der Waals surface area contributed by atoms with E-state index in [2.05, 4.69) is 0 Å². The average Bonchev–Trinajstić information content (AvgIpc) is 2.33. The van der Waals surface area contributed by atoms with Crippen LogP contribution in [-0.2, 0) is 9.53 Å². The topological polar surface area (TPSA) is 70.0 Å². The first-order chi connectivity index (χ1) is 8.84. The van der Waals surface area contributed by atoms with E-state index < -0.39 is 24.6 Å². The summed E-state index contributed by atoms with van der Waals surface area (Å²) in [5.74, 6) is -4.19. The van der Waals surface area contributed by atoms with Crippen molar-refractivity contribution in [2.45, 2.75) is 25.1 Å². The van der Waals surface area contributed by atoms with Gasteiger partial charge in [0.15, 0.2) is 5.92 Å². The third kappa shape index (κ3) is 5.33. The van der Waals surface area contributed by atoms with Crippen LogP contribution in [0, 0.1) is 5.92 Å². The van der Waals surface area contributed by atoms with E-state index in [1.165, 1.54) is 4.90 Å². The minimum atomic E-state index is -4.73. The highest BCUT2D eigenvalue weighted by atomic mass is 19.4. The van der Waals surface area contributed by atoms with E-state index in [1.54, 1.807) is 0 Å². The number of hydrogen-bond donors (Lipinski definition) is 2. The fourth-order valence-electron chi connectivity index (χ4n) is 2.06. The van der Waals surface area contributed by atoms with Gasteiger partial charge in [0.1, 0.15) is 0 Å². The normalized spacial score (nSPS) is 20.4. The van der Waals surface area contributed by atoms with Crippen LogP contribution in [0.4, 0.5) is 13.2 Å². The smallest absolute Gasteiger partial charge is 0.403 e. The Morgan fingerprint density at radius 2 is 1.95 bits per heavy atom. The van der Waals surface area contributed by atoms with Gasteiger partial charge in [0, 0.05) is 19.6 Å². The number of aliphatic carboxylic acids is 1. The van der Waals surface area contributed by atoms with E-state index in [9.17, 15) is 18.0 Å². The van der Waals surface area contributed by atoms with Crippen molar-refractivity contribution in [3.8, 4) is 0 Å². The Labute approximate surface area is 109 Å². The van der Waals surface area contributed by atoms with Gasteiger partial charge >= 0.3 is 12.1 Å². The molecule has 0 radical (unpaired) electrons. The lowest BCUT2D eigenvalue weighted by Gasteiger charge is -2.33. The summed E-state index contributed by atoms with van der Waals surface area (Å²) in [6.07, 6.45) is -3.71. The Balaban J connectivity index is 2.41. The van der Waals surface area contributed by atoms with E-state index in [1.807, 2.05) is 0 Å². The summed E-state index contributed by atoms with van der Waals surface area (Å²) in [5.41, 5.74) is 0. The van der Waals surface area contributed by atoms with Crippen LogP contribution < -0.4 is 0 Å². The molecular weight excluding hydrogens is 267 g/mol. The number of alkyl halides is 3. The zero-order valence-electron chi connectivity index (χ0n) is 10.4. The van der Waals surface area contributed by atoms with Crippen LogP contribution in [0.5, 0.6) is 0 Å². The van der Waals surface area contributed by atoms with Crippen LogP contribution in [0.2, 0.25) is 0 Å². The van der Waals surface area contributed by atoms with Crippen LogP contribution >= 0.6 is 0 Å². The highest BCUT2D eigenvalue weighted by Crippen LogP contribution is 2.28. The first-order valence-corrected chi connectivity index (χ1v) is 6.09. The number of piperidine rings is 1. The first-order valence-electron chi connectivity index (χ1n) is 6.09. The van der Waals surface area contributed by atoms with Crippen molar-refractivity contribution in [1.82, 2.24) is 4.90 Å². The molecule has 0 aliphatic carbocycles. The second kappa shape index (κ2) is 7.06. The molecule has 0 aromatic rings. The van der Waals surface area contributed by atoms with Crippen LogP contribution in [0.3, 0.4) is 0 Å². The number of carboxylic acids is 1. The monoisotopic (exact) mass is 285 g/mol. The van der Waals surface area contributed by atoms with Crippen LogP contribution in [0.25, 0.3) is 0 Å². The summed E-state index contributed by atoms with van der Waals surface area (Å²) < 4.78 is 42.8. The number of halogens is 3. The van der Waals surface area contributed by atoms with Gasteiger partial charge in [-0.3, -0.25) is 4.79 Å². The largest absolute Gasteiger partial charge is 0.481 e. The first kappa shape index (κ1) is 16.2. The molecule has 5 nitrogen and oxygen atoms in total. The van der Waals surface area contributed by atoms with Crippen LogP contribution in [0.15, 0.2) is 0 Å². The van der Waals surface area contributed by atoms with Gasteiger partial charge in [-0.05, 0) is 12.8 Å². The van der Waals surface area contributed by atoms with Gasteiger partial charge in [-0.25, -0.2) is 0 Å². The molecule has 0 amide bonds. The Morgan fingerprint density at radius 1 is 1.37 bits per heavy atom. The van der Waals surface area contributed by atoms with Crippen molar-refractivity contribution in [3.05, 3.63) is 0 Å². The molecule has 1 heterocycles. The molecule has 0 spiro atoms. The molecule has 8 heteroatoms. The Kier molecular flexibility index (Phi) is 6.02. The lowest BCUT2D eigenvalue weighted by molar-refractivity contribution is -0.197. The van der Waals surface area contributed by atoms with Crippen molar-refractivity contribution < 1.29 is 32.9 Å². The molecule has 1 rings (SSSR count). The summed E-state index contributed by atoms with van der Waals surface area (Å²) in [6.45, 7) is 0.345. The maximum absolute atomic E-state index is 12.5. The zero-order valence-corrected chi connectivity index (χ0v) is 10.4. The molecule has 1 atom stereocenters. The number of likely N-dealkylation sites (tertiary alicyclic amines) is 1. The van der Waals surface area contributed by atoms with Crippen molar-refractivity contribution >= 4 is 5.97 Å². The SMILES string of the molecule is O=C(O)C(CN1CCC(OCCO)CC1)C(F)(F)F. The number of hydrogen-bond acceptors (Lipinski definition) is 4. The molecule has 2 N–H and O–H groups in total. The number of nitrogens with zero attached hydrogens (tertiary/aromatic N) is 1. The molecule has 0 aromatic carbocycles. The molecule has 0 aromatic heterocycles. The highest BCUT2D eigenvalue weighted by Gasteiger charge is 2.46. The predicted molar refractivity (Wildman–Crippen MR) is 59.7 cm³/mol. The Hall–Kier alpha value is -0.860. The number of aliphatic hydroxyl groups excluding tert-OH is 1. The summed E-state index contributed by atoms with van der Waals surface area (Å²) in [4.78, 5) is 12.1. The summed E-state index contributed by atoms with van der Waals surface area (Å²) in [6, 6.07) is 0. The van der Waals surface area contributed by atoms with E-state index in [0.717, 1.165) is 0 Å². The van der Waals surface area contributed by atoms with Crippen LogP contribution in [-0.4, -0.2) is 66.2 Å². The molecule has 0 bridgehead atoms. The third-order valence-electron chi connectivity index (χ3n) is 3.11. The van der Waals surface area contributed by atoms with E-state index in [0.29, 0.717) is 25.9 Å². The molecule has 19 heavy (non-hydrogen) atoms. The molecule has 1 aliphatic heterocycles. The number of aliphatic hydroxyl groups is 1. The fourth-order valence-corrected chi connectivity index (χ4v) is 2.06. The van der Waals surface area contributed by atoms with Gasteiger partial charge in [0.2, 0.25) is 0 Å².